The molecule has 0 spiro atoms. The number of para-hydroxylation sites is 1. The predicted molar refractivity (Wildman–Crippen MR) is 137 cm³/mol. The molecule has 0 N–H and O–H groups in total. The predicted octanol–water partition coefficient (Wildman–Crippen LogP) is 6.66. The molecule has 0 unspecified atom stereocenters. The molecule has 2 aliphatic carbocycles. The van der Waals surface area contributed by atoms with Crippen LogP contribution in [0.2, 0.25) is 0 Å². The first-order valence-electron chi connectivity index (χ1n) is 12.7. The SMILES string of the molecule is CC(C)(C)N1[C@@H](Cc2ccccc2)[C@@H]2CC[C@H]1[C@@H](CC1CC1)[C@@H]2OC(=S)Oc1ccccc1. The molecule has 4 aliphatic rings. The monoisotopic (exact) mass is 463 g/mol. The summed E-state index contributed by atoms with van der Waals surface area (Å²) in [6, 6.07) is 21.7. The van der Waals surface area contributed by atoms with E-state index in [0.717, 1.165) is 18.1 Å². The van der Waals surface area contributed by atoms with Gasteiger partial charge in [-0.05, 0) is 70.1 Å². The second-order valence-corrected chi connectivity index (χ2v) is 11.6. The molecule has 2 aromatic carbocycles. The van der Waals surface area contributed by atoms with Gasteiger partial charge in [-0.3, -0.25) is 4.90 Å². The van der Waals surface area contributed by atoms with Crippen molar-refractivity contribution in [2.75, 3.05) is 0 Å². The van der Waals surface area contributed by atoms with Crippen LogP contribution in [0.3, 0.4) is 0 Å². The highest BCUT2D eigenvalue weighted by Crippen LogP contribution is 2.52. The highest BCUT2D eigenvalue weighted by molar-refractivity contribution is 7.79. The summed E-state index contributed by atoms with van der Waals surface area (Å²) in [5.41, 5.74) is 1.53. The zero-order chi connectivity index (χ0) is 23.0. The first-order valence-corrected chi connectivity index (χ1v) is 13.1. The maximum atomic E-state index is 6.58. The van der Waals surface area contributed by atoms with E-state index >= 15 is 0 Å². The molecule has 2 heterocycles. The lowest BCUT2D eigenvalue weighted by Crippen LogP contribution is -2.70. The number of benzene rings is 2. The molecule has 0 aromatic heterocycles. The average Bonchev–Trinajstić information content (AvgIpc) is 3.60. The van der Waals surface area contributed by atoms with Gasteiger partial charge in [0.05, 0.1) is 0 Å². The molecule has 33 heavy (non-hydrogen) atoms. The molecule has 6 rings (SSSR count). The molecule has 2 aromatic rings. The summed E-state index contributed by atoms with van der Waals surface area (Å²) in [5.74, 6) is 2.58. The first kappa shape index (κ1) is 22.9. The van der Waals surface area contributed by atoms with Gasteiger partial charge in [0.1, 0.15) is 11.9 Å². The summed E-state index contributed by atoms with van der Waals surface area (Å²) >= 11 is 5.63. The van der Waals surface area contributed by atoms with E-state index in [0.29, 0.717) is 23.9 Å². The van der Waals surface area contributed by atoms with Gasteiger partial charge < -0.3 is 9.47 Å². The molecule has 0 radical (unpaired) electrons. The number of hydrogen-bond acceptors (Lipinski definition) is 4. The van der Waals surface area contributed by atoms with E-state index in [1.807, 2.05) is 30.3 Å². The maximum absolute atomic E-state index is 6.58. The molecule has 176 valence electrons. The van der Waals surface area contributed by atoms with Crippen molar-refractivity contribution in [3.05, 3.63) is 66.2 Å². The van der Waals surface area contributed by atoms with Crippen molar-refractivity contribution in [3.63, 3.8) is 0 Å². The Morgan fingerprint density at radius 3 is 2.24 bits per heavy atom. The topological polar surface area (TPSA) is 21.7 Å². The molecular weight excluding hydrogens is 426 g/mol. The minimum Gasteiger partial charge on any atom is -0.453 e. The molecule has 2 bridgehead atoms. The van der Waals surface area contributed by atoms with Crippen LogP contribution in [0.25, 0.3) is 0 Å². The van der Waals surface area contributed by atoms with Gasteiger partial charge in [0, 0.05) is 41.7 Å². The van der Waals surface area contributed by atoms with Crippen molar-refractivity contribution in [2.24, 2.45) is 17.8 Å². The maximum Gasteiger partial charge on any atom is 0.358 e. The van der Waals surface area contributed by atoms with Crippen LogP contribution in [0.15, 0.2) is 60.7 Å². The van der Waals surface area contributed by atoms with E-state index in [-0.39, 0.29) is 16.9 Å². The van der Waals surface area contributed by atoms with Crippen LogP contribution in [-0.2, 0) is 11.2 Å². The Morgan fingerprint density at radius 2 is 1.61 bits per heavy atom. The zero-order valence-corrected chi connectivity index (χ0v) is 21.0. The molecule has 3 nitrogen and oxygen atoms in total. The largest absolute Gasteiger partial charge is 0.453 e. The summed E-state index contributed by atoms with van der Waals surface area (Å²) in [5, 5.41) is 0.278. The summed E-state index contributed by atoms with van der Waals surface area (Å²) in [6.07, 6.45) is 7.65. The van der Waals surface area contributed by atoms with Gasteiger partial charge in [-0.2, -0.15) is 0 Å². The van der Waals surface area contributed by atoms with Gasteiger partial charge in [-0.15, -0.1) is 0 Å². The third-order valence-corrected chi connectivity index (χ3v) is 8.06. The third-order valence-electron chi connectivity index (χ3n) is 7.88. The molecule has 5 atom stereocenters. The highest BCUT2D eigenvalue weighted by Gasteiger charge is 2.57. The van der Waals surface area contributed by atoms with E-state index in [4.69, 9.17) is 21.7 Å². The highest BCUT2D eigenvalue weighted by atomic mass is 32.1. The minimum atomic E-state index is 0.122. The fourth-order valence-corrected chi connectivity index (χ4v) is 6.72. The average molecular weight is 464 g/mol. The lowest BCUT2D eigenvalue weighted by atomic mass is 9.63. The Kier molecular flexibility index (Phi) is 6.50. The van der Waals surface area contributed by atoms with Crippen LogP contribution in [0.4, 0.5) is 0 Å². The number of nitrogens with zero attached hydrogens (tertiary/aromatic N) is 1. The van der Waals surface area contributed by atoms with Crippen molar-refractivity contribution in [3.8, 4) is 5.75 Å². The van der Waals surface area contributed by atoms with Crippen LogP contribution in [0.5, 0.6) is 5.75 Å². The summed E-state index contributed by atoms with van der Waals surface area (Å²) in [6.45, 7) is 7.16. The molecule has 0 amide bonds. The number of ether oxygens (including phenoxy) is 2. The summed E-state index contributed by atoms with van der Waals surface area (Å²) in [4.78, 5) is 2.85. The van der Waals surface area contributed by atoms with Crippen molar-refractivity contribution in [1.82, 2.24) is 4.90 Å². The lowest BCUT2D eigenvalue weighted by Gasteiger charge is -2.62. The van der Waals surface area contributed by atoms with Crippen LogP contribution in [0, 0.1) is 17.8 Å². The lowest BCUT2D eigenvalue weighted by molar-refractivity contribution is -0.161. The summed E-state index contributed by atoms with van der Waals surface area (Å²) < 4.78 is 12.5. The Hall–Kier alpha value is -1.91. The molecular formula is C29H37NO2S. The van der Waals surface area contributed by atoms with Crippen LogP contribution >= 0.6 is 12.2 Å². The van der Waals surface area contributed by atoms with E-state index in [9.17, 15) is 0 Å². The number of piperidine rings is 2. The number of fused-ring (bicyclic) bond motifs is 3. The van der Waals surface area contributed by atoms with E-state index < -0.39 is 0 Å². The van der Waals surface area contributed by atoms with Crippen molar-refractivity contribution < 1.29 is 9.47 Å². The zero-order valence-electron chi connectivity index (χ0n) is 20.2. The van der Waals surface area contributed by atoms with E-state index in [1.54, 1.807) is 0 Å². The molecule has 4 fully saturated rings. The first-order chi connectivity index (χ1) is 15.9. The van der Waals surface area contributed by atoms with Gasteiger partial charge in [0.25, 0.3) is 0 Å². The Balaban J connectivity index is 1.42. The minimum absolute atomic E-state index is 0.122. The number of rotatable bonds is 6. The third kappa shape index (κ3) is 5.12. The van der Waals surface area contributed by atoms with Gasteiger partial charge in [0.15, 0.2) is 0 Å². The van der Waals surface area contributed by atoms with E-state index in [2.05, 4.69) is 56.0 Å². The Bertz CT molecular complexity index is 937. The second kappa shape index (κ2) is 9.38. The second-order valence-electron chi connectivity index (χ2n) is 11.2. The number of hydrogen-bond donors (Lipinski definition) is 0. The van der Waals surface area contributed by atoms with Crippen LogP contribution in [0.1, 0.15) is 58.4 Å². The van der Waals surface area contributed by atoms with Gasteiger partial charge >= 0.3 is 5.24 Å². The number of thiocarbonyl (C=S) groups is 1. The Labute approximate surface area is 204 Å². The van der Waals surface area contributed by atoms with Crippen LogP contribution in [-0.4, -0.2) is 33.9 Å². The summed E-state index contributed by atoms with van der Waals surface area (Å²) in [7, 11) is 0. The fourth-order valence-electron chi connectivity index (χ4n) is 6.51. The Morgan fingerprint density at radius 1 is 0.939 bits per heavy atom. The van der Waals surface area contributed by atoms with Gasteiger partial charge in [-0.1, -0.05) is 61.4 Å². The van der Waals surface area contributed by atoms with Gasteiger partial charge in [-0.25, -0.2) is 0 Å². The van der Waals surface area contributed by atoms with Gasteiger partial charge in [0.2, 0.25) is 0 Å². The van der Waals surface area contributed by atoms with Crippen molar-refractivity contribution in [2.45, 2.75) is 83.0 Å². The smallest absolute Gasteiger partial charge is 0.358 e. The normalized spacial score (nSPS) is 29.6. The molecule has 4 heteroatoms. The molecule has 2 aliphatic heterocycles. The van der Waals surface area contributed by atoms with Crippen LogP contribution < -0.4 is 4.74 Å². The fraction of sp³-hybridized carbons (Fsp3) is 0.552. The molecule has 2 saturated heterocycles. The molecule has 2 saturated carbocycles. The van der Waals surface area contributed by atoms with Crippen molar-refractivity contribution >= 4 is 17.5 Å². The van der Waals surface area contributed by atoms with Crippen molar-refractivity contribution in [1.29, 1.82) is 0 Å². The quantitative estimate of drug-likeness (QED) is 0.447. The van der Waals surface area contributed by atoms with E-state index in [1.165, 1.54) is 37.7 Å². The standard InChI is InChI=1S/C29H37NO2S/c1-29(2,3)30-25-17-16-23(26(30)19-20-10-6-4-7-11-20)27(24(25)18-21-14-15-21)32-28(33)31-22-12-8-5-9-13-22/h4-13,21,23-27H,14-19H2,1-3H3/t23-,24+,25-,26-,27+/m0/s1.